The zero-order valence-corrected chi connectivity index (χ0v) is 28.8. The quantitative estimate of drug-likeness (QED) is 0.110. The van der Waals surface area contributed by atoms with Crippen molar-refractivity contribution in [1.82, 2.24) is 4.98 Å². The highest BCUT2D eigenvalue weighted by Crippen LogP contribution is 2.29. The van der Waals surface area contributed by atoms with Gasteiger partial charge in [0.2, 0.25) is 0 Å². The van der Waals surface area contributed by atoms with E-state index in [-0.39, 0.29) is 18.8 Å². The van der Waals surface area contributed by atoms with Crippen molar-refractivity contribution in [1.29, 1.82) is 0 Å². The minimum absolute atomic E-state index is 0.0924. The van der Waals surface area contributed by atoms with Gasteiger partial charge in [-0.3, -0.25) is 0 Å². The molecule has 2 bridgehead atoms. The molecule has 0 fully saturated rings. The van der Waals surface area contributed by atoms with Crippen molar-refractivity contribution in [3.8, 4) is 0 Å². The SMILES string of the molecule is C/C=C(C)\C=C(/C)[C@@H](O)[C@@H](C)[C@H](O)[C@@H](O)[C@@H]1C/C=C(C)\C=C/[C@@H](O)C[C@H](O)[C@@H](C)c2nc(cs2)/C=C(/CCCCCC)C(=O)O1. The molecule has 0 spiro atoms. The Morgan fingerprint density at radius 1 is 1.18 bits per heavy atom. The summed E-state index contributed by atoms with van der Waals surface area (Å²) in [6.45, 7) is 13.0. The topological polar surface area (TPSA) is 140 Å². The van der Waals surface area contributed by atoms with Crippen molar-refractivity contribution >= 4 is 23.4 Å². The second-order valence-corrected chi connectivity index (χ2v) is 13.3. The maximum absolute atomic E-state index is 13.7. The van der Waals surface area contributed by atoms with E-state index in [1.807, 2.05) is 45.2 Å². The molecule has 1 aliphatic heterocycles. The molecule has 2 heterocycles. The molecule has 8 atom stereocenters. The largest absolute Gasteiger partial charge is 0.456 e. The molecule has 0 unspecified atom stereocenters. The summed E-state index contributed by atoms with van der Waals surface area (Å²) in [7, 11) is 0. The number of nitrogens with zero attached hydrogens (tertiary/aromatic N) is 1. The van der Waals surface area contributed by atoms with Crippen LogP contribution in [0, 0.1) is 5.92 Å². The molecule has 252 valence electrons. The molecule has 2 rings (SSSR count). The summed E-state index contributed by atoms with van der Waals surface area (Å²) < 4.78 is 5.95. The van der Waals surface area contributed by atoms with Crippen LogP contribution in [0.25, 0.3) is 6.08 Å². The molecule has 0 aromatic carbocycles. The highest BCUT2D eigenvalue weighted by atomic mass is 32.1. The zero-order valence-electron chi connectivity index (χ0n) is 28.0. The highest BCUT2D eigenvalue weighted by molar-refractivity contribution is 7.09. The van der Waals surface area contributed by atoms with Crippen LogP contribution in [-0.4, -0.2) is 73.1 Å². The number of aromatic nitrogens is 1. The van der Waals surface area contributed by atoms with E-state index in [0.717, 1.165) is 36.8 Å². The molecular formula is C36H55NO7S. The molecule has 0 aliphatic carbocycles. The van der Waals surface area contributed by atoms with Crippen LogP contribution in [0.15, 0.2) is 58.1 Å². The predicted octanol–water partition coefficient (Wildman–Crippen LogP) is 6.16. The minimum atomic E-state index is -1.49. The lowest BCUT2D eigenvalue weighted by Gasteiger charge is -2.32. The first-order valence-electron chi connectivity index (χ1n) is 16.2. The third kappa shape index (κ3) is 12.4. The van der Waals surface area contributed by atoms with Crippen molar-refractivity contribution in [3.63, 3.8) is 0 Å². The number of cyclic esters (lactones) is 1. The van der Waals surface area contributed by atoms with Crippen molar-refractivity contribution < 1.29 is 35.1 Å². The number of unbranched alkanes of at least 4 members (excludes halogenated alkanes) is 3. The number of hydrogen-bond acceptors (Lipinski definition) is 9. The number of rotatable bonds is 11. The van der Waals surface area contributed by atoms with Gasteiger partial charge in [-0.05, 0) is 52.2 Å². The van der Waals surface area contributed by atoms with Crippen LogP contribution in [0.5, 0.6) is 0 Å². The maximum Gasteiger partial charge on any atom is 0.334 e. The lowest BCUT2D eigenvalue weighted by atomic mass is 9.87. The van der Waals surface area contributed by atoms with E-state index in [4.69, 9.17) is 4.74 Å². The summed E-state index contributed by atoms with van der Waals surface area (Å²) in [6, 6.07) is 0. The highest BCUT2D eigenvalue weighted by Gasteiger charge is 2.36. The average Bonchev–Trinajstić information content (AvgIpc) is 3.49. The summed E-state index contributed by atoms with van der Waals surface area (Å²) in [6.07, 6.45) is 8.30. The van der Waals surface area contributed by atoms with Crippen LogP contribution in [0.4, 0.5) is 0 Å². The van der Waals surface area contributed by atoms with E-state index >= 15 is 0 Å². The van der Waals surface area contributed by atoms with Gasteiger partial charge in [-0.25, -0.2) is 9.78 Å². The average molecular weight is 646 g/mol. The Hall–Kier alpha value is -2.40. The van der Waals surface area contributed by atoms with E-state index in [1.165, 1.54) is 11.3 Å². The Kier molecular flexibility index (Phi) is 16.6. The number of thiazole rings is 1. The van der Waals surface area contributed by atoms with Crippen LogP contribution < -0.4 is 0 Å². The van der Waals surface area contributed by atoms with Crippen LogP contribution in [0.3, 0.4) is 0 Å². The summed E-state index contributed by atoms with van der Waals surface area (Å²) in [4.78, 5) is 18.4. The number of ether oxygens (including phenoxy) is 1. The van der Waals surface area contributed by atoms with Gasteiger partial charge in [0.25, 0.3) is 0 Å². The van der Waals surface area contributed by atoms with E-state index in [2.05, 4.69) is 11.9 Å². The lowest BCUT2D eigenvalue weighted by Crippen LogP contribution is -2.46. The van der Waals surface area contributed by atoms with Crippen molar-refractivity contribution in [2.24, 2.45) is 5.92 Å². The maximum atomic E-state index is 13.7. The Balaban J connectivity index is 2.49. The van der Waals surface area contributed by atoms with Gasteiger partial charge in [-0.2, -0.15) is 0 Å². The molecule has 0 saturated carbocycles. The third-order valence-electron chi connectivity index (χ3n) is 8.53. The molecule has 1 aromatic rings. The van der Waals surface area contributed by atoms with Crippen molar-refractivity contribution in [3.05, 3.63) is 68.8 Å². The first-order chi connectivity index (χ1) is 21.3. The van der Waals surface area contributed by atoms with Crippen LogP contribution in [-0.2, 0) is 9.53 Å². The van der Waals surface area contributed by atoms with Gasteiger partial charge in [0.1, 0.15) is 12.2 Å². The normalized spacial score (nSPS) is 28.5. The van der Waals surface area contributed by atoms with Gasteiger partial charge in [-0.15, -0.1) is 11.3 Å². The number of fused-ring (bicyclic) bond motifs is 2. The summed E-state index contributed by atoms with van der Waals surface area (Å²) in [5, 5.41) is 57.4. The predicted molar refractivity (Wildman–Crippen MR) is 182 cm³/mol. The Morgan fingerprint density at radius 2 is 1.89 bits per heavy atom. The molecular weight excluding hydrogens is 590 g/mol. The van der Waals surface area contributed by atoms with Crippen LogP contribution >= 0.6 is 11.3 Å². The first-order valence-corrected chi connectivity index (χ1v) is 17.1. The second kappa shape index (κ2) is 19.3. The van der Waals surface area contributed by atoms with Gasteiger partial charge >= 0.3 is 5.97 Å². The fraction of sp³-hybridized carbons (Fsp3) is 0.611. The lowest BCUT2D eigenvalue weighted by molar-refractivity contribution is -0.158. The minimum Gasteiger partial charge on any atom is -0.456 e. The summed E-state index contributed by atoms with van der Waals surface area (Å²) in [5.74, 6) is -1.67. The molecule has 8 nitrogen and oxygen atoms in total. The fourth-order valence-corrected chi connectivity index (χ4v) is 6.08. The number of carbonyl (C=O) groups excluding carboxylic acids is 1. The Bertz CT molecular complexity index is 1230. The number of hydrogen-bond donors (Lipinski definition) is 5. The smallest absolute Gasteiger partial charge is 0.334 e. The van der Waals surface area contributed by atoms with Gasteiger partial charge in [-0.1, -0.05) is 81.6 Å². The first kappa shape index (κ1) is 38.8. The number of aliphatic hydroxyl groups is 5. The number of carbonyl (C=O) groups is 1. The number of aliphatic hydroxyl groups excluding tert-OH is 5. The standard InChI is InChI=1S/C36H55NO7S/c1-8-10-11-12-13-27-19-28-21-45-35(37-28)25(6)30(39)20-29(38)16-14-23(4)15-17-31(44-36(27)43)34(42)33(41)26(7)32(40)24(5)18-22(3)9-2/h9,14-16,18-19,21,25-26,29-34,38-42H,8,10-13,17,20H2,1-7H3/b16-14-,22-9-,23-15-,24-18+,27-19-/t25-,26-,29-,30+,31+,32-,33+,34+/m1/s1. The molecule has 1 aromatic heterocycles. The summed E-state index contributed by atoms with van der Waals surface area (Å²) >= 11 is 1.38. The number of allylic oxidation sites excluding steroid dienone is 5. The molecule has 45 heavy (non-hydrogen) atoms. The van der Waals surface area contributed by atoms with Gasteiger partial charge < -0.3 is 30.3 Å². The second-order valence-electron chi connectivity index (χ2n) is 12.4. The van der Waals surface area contributed by atoms with Gasteiger partial charge in [0.05, 0.1) is 35.1 Å². The van der Waals surface area contributed by atoms with Crippen molar-refractivity contribution in [2.45, 2.75) is 136 Å². The Labute approximate surface area is 273 Å². The summed E-state index contributed by atoms with van der Waals surface area (Å²) in [5.41, 5.74) is 3.34. The molecule has 5 N–H and O–H groups in total. The van der Waals surface area contributed by atoms with E-state index in [1.54, 1.807) is 38.2 Å². The molecule has 9 heteroatoms. The Morgan fingerprint density at radius 3 is 2.56 bits per heavy atom. The molecule has 0 radical (unpaired) electrons. The molecule has 1 aliphatic rings. The fourth-order valence-electron chi connectivity index (χ4n) is 5.19. The zero-order chi connectivity index (χ0) is 33.7. The molecule has 0 amide bonds. The number of esters is 1. The van der Waals surface area contributed by atoms with Crippen molar-refractivity contribution in [2.75, 3.05) is 0 Å². The van der Waals surface area contributed by atoms with Crippen LogP contribution in [0.1, 0.15) is 110 Å². The van der Waals surface area contributed by atoms with E-state index in [9.17, 15) is 30.3 Å². The van der Waals surface area contributed by atoms with Crippen LogP contribution in [0.2, 0.25) is 0 Å². The van der Waals surface area contributed by atoms with Gasteiger partial charge in [0.15, 0.2) is 0 Å². The molecule has 0 saturated heterocycles. The third-order valence-corrected chi connectivity index (χ3v) is 9.59. The van der Waals surface area contributed by atoms with Gasteiger partial charge in [0, 0.05) is 35.6 Å². The monoisotopic (exact) mass is 645 g/mol. The van der Waals surface area contributed by atoms with E-state index < -0.39 is 48.5 Å². The van der Waals surface area contributed by atoms with E-state index in [0.29, 0.717) is 28.3 Å².